The fourth-order valence-electron chi connectivity index (χ4n) is 14.9. The van der Waals surface area contributed by atoms with Crippen LogP contribution >= 0.6 is 23.2 Å². The van der Waals surface area contributed by atoms with Crippen LogP contribution in [0.5, 0.6) is 0 Å². The van der Waals surface area contributed by atoms with Gasteiger partial charge in [-0.2, -0.15) is 0 Å². The van der Waals surface area contributed by atoms with Crippen LogP contribution in [0.15, 0.2) is 71.9 Å². The molecule has 6 aliphatic heterocycles. The number of methoxy groups -OCH3 is 2. The maximum Gasteiger partial charge on any atom is 0.409 e. The van der Waals surface area contributed by atoms with Crippen molar-refractivity contribution in [3.63, 3.8) is 0 Å². The number of halogens is 2. The molecule has 4 fully saturated rings. The number of alkyl carbamates (subject to hydrolysis) is 2. The summed E-state index contributed by atoms with van der Waals surface area (Å²) in [5.41, 5.74) is 0.366. The highest BCUT2D eigenvalue weighted by molar-refractivity contribution is 6.35. The number of epoxide rings is 2. The Kier molecular flexibility index (Phi) is 42.2. The lowest BCUT2D eigenvalue weighted by Gasteiger charge is -2.42. The topological polar surface area (TPSA) is 407 Å². The minimum atomic E-state index is -1.81. The summed E-state index contributed by atoms with van der Waals surface area (Å²) in [6.07, 6.45) is 1.69. The van der Waals surface area contributed by atoms with E-state index in [0.717, 1.165) is 33.4 Å². The van der Waals surface area contributed by atoms with Gasteiger partial charge in [-0.05, 0) is 123 Å². The van der Waals surface area contributed by atoms with Crippen molar-refractivity contribution >= 4 is 82.2 Å². The molecule has 34 nitrogen and oxygen atoms in total. The summed E-state index contributed by atoms with van der Waals surface area (Å²) >= 11 is 13.6. The molecule has 8 bridgehead atoms. The summed E-state index contributed by atoms with van der Waals surface area (Å²) in [6, 6.07) is 7.63. The van der Waals surface area contributed by atoms with Crippen molar-refractivity contribution in [3.05, 3.63) is 104 Å². The molecular formula is C87H131Cl2N7O27. The summed E-state index contributed by atoms with van der Waals surface area (Å²) in [4.78, 5) is 107. The van der Waals surface area contributed by atoms with Crippen LogP contribution in [0.4, 0.5) is 21.0 Å². The van der Waals surface area contributed by atoms with Gasteiger partial charge in [0.2, 0.25) is 17.7 Å². The minimum absolute atomic E-state index is 0.0363. The van der Waals surface area contributed by atoms with Crippen molar-refractivity contribution in [2.75, 3.05) is 178 Å². The first kappa shape index (κ1) is 103. The summed E-state index contributed by atoms with van der Waals surface area (Å²) in [6.45, 7) is 24.0. The number of carbonyl (C=O) groups is 8. The van der Waals surface area contributed by atoms with Crippen LogP contribution in [0.2, 0.25) is 10.0 Å². The lowest BCUT2D eigenvalue weighted by atomic mass is 9.83. The molecule has 0 aromatic heterocycles. The van der Waals surface area contributed by atoms with Gasteiger partial charge in [0.05, 0.1) is 159 Å². The van der Waals surface area contributed by atoms with Crippen LogP contribution in [0.3, 0.4) is 0 Å². The van der Waals surface area contributed by atoms with Gasteiger partial charge in [0.25, 0.3) is 0 Å². The fraction of sp³-hybridized carbons (Fsp3) is 0.678. The standard InChI is InChI=1S/C47H72ClN3O15.C40H59ClN4O12/c1-31-11-9-13-39(57-8)47(56)29-38(64-45(55)50-47)33(3)43-46(5,66-43)40(28-41(53)51(7)37-27-35(25-31)26-32(2)42(37)48)65-44(54)34(4)63-24-23-62-22-21-61-20-19-60-18-17-59-16-15-58-14-10-12-36(52)30-49-6;1-24-10-9-11-31(51-8)40(50)22-30(55-38(49)44-40)26(3)36-39(5,57-36)32(21-34(47)45(7)29-20-28(18-24)19-25(2)35(29)41)56-37(48)27(4)54-17-16-53-15-14-52-13-12-43-33(46)23-42-6/h9,11,13,26-27,33-34,38-40,43,49,56H,10,12,14-25,28-30H2,1-8H3,(H,50,55);9-11,19-20,26-27,30-32,36,42,50H,12-18,21-23H2,1-8H3,(H,43,46)(H,44,49)/b13-9+,31-11+;11-9+,24-10+/t33-,34+,38+,39-,40+,43+,46+,47+;26-,27+,30+,31-,32+,36+,39+,40+/m11/s1. The van der Waals surface area contributed by atoms with Gasteiger partial charge in [0.15, 0.2) is 23.7 Å². The quantitative estimate of drug-likeness (QED) is 0.0157. The fourth-order valence-corrected chi connectivity index (χ4v) is 15.4. The zero-order valence-corrected chi connectivity index (χ0v) is 75.6. The first-order chi connectivity index (χ1) is 58.5. The van der Waals surface area contributed by atoms with Crippen molar-refractivity contribution in [1.82, 2.24) is 26.6 Å². The van der Waals surface area contributed by atoms with Gasteiger partial charge >= 0.3 is 24.1 Å². The Morgan fingerprint density at radius 3 is 1.29 bits per heavy atom. The molecule has 0 spiro atoms. The van der Waals surface area contributed by atoms with Gasteiger partial charge < -0.3 is 116 Å². The number of fused-ring (bicyclic) bond motifs is 10. The first-order valence-corrected chi connectivity index (χ1v) is 42.7. The number of nitrogens with one attached hydrogen (secondary N) is 5. The van der Waals surface area contributed by atoms with Crippen LogP contribution < -0.4 is 36.4 Å². The van der Waals surface area contributed by atoms with Crippen molar-refractivity contribution in [3.8, 4) is 0 Å². The predicted molar refractivity (Wildman–Crippen MR) is 455 cm³/mol. The predicted octanol–water partition coefficient (Wildman–Crippen LogP) is 6.77. The Balaban J connectivity index is 0.000000342. The summed E-state index contributed by atoms with van der Waals surface area (Å²) < 4.78 is 97.4. The second-order valence-corrected chi connectivity index (χ2v) is 32.8. The van der Waals surface area contributed by atoms with E-state index in [1.165, 1.54) is 24.0 Å². The molecule has 0 aliphatic carbocycles. The van der Waals surface area contributed by atoms with E-state index < -0.39 is 120 Å². The molecule has 6 aliphatic rings. The highest BCUT2D eigenvalue weighted by Crippen LogP contribution is 2.51. The molecule has 16 atom stereocenters. The molecule has 36 heteroatoms. The smallest absolute Gasteiger partial charge is 0.409 e. The van der Waals surface area contributed by atoms with E-state index in [2.05, 4.69) is 26.6 Å². The number of esters is 2. The third kappa shape index (κ3) is 31.4. The highest BCUT2D eigenvalue weighted by atomic mass is 35.5. The van der Waals surface area contributed by atoms with Crippen molar-refractivity contribution in [2.24, 2.45) is 11.8 Å². The number of rotatable bonds is 40. The number of nitrogens with zero attached hydrogens (tertiary/aromatic N) is 2. The lowest BCUT2D eigenvalue weighted by Crippen LogP contribution is -2.63. The van der Waals surface area contributed by atoms with Crippen LogP contribution in [0.1, 0.15) is 116 Å². The molecule has 0 radical (unpaired) electrons. The molecule has 7 N–H and O–H groups in total. The summed E-state index contributed by atoms with van der Waals surface area (Å²) in [5, 5.41) is 37.7. The maximum absolute atomic E-state index is 14.1. The number of benzene rings is 2. The summed E-state index contributed by atoms with van der Waals surface area (Å²) in [7, 11) is 9.57. The number of hydrogen-bond donors (Lipinski definition) is 7. The molecule has 0 unspecified atom stereocenters. The van der Waals surface area contributed by atoms with E-state index in [1.807, 2.05) is 78.0 Å². The number of amides is 5. The Bertz CT molecular complexity index is 3930. The van der Waals surface area contributed by atoms with Crippen LogP contribution in [-0.2, 0) is 122 Å². The van der Waals surface area contributed by atoms with E-state index in [1.54, 1.807) is 80.2 Å². The number of likely N-dealkylation sites (N-methyl/N-ethyl adjacent to an activating group) is 2. The molecule has 0 saturated carbocycles. The number of Topliss-reactive ketones (excluding diaryl/α,β-unsaturated/α-hetero) is 1. The van der Waals surface area contributed by atoms with E-state index in [-0.39, 0.29) is 88.8 Å². The van der Waals surface area contributed by atoms with Gasteiger partial charge in [-0.25, -0.2) is 19.2 Å². The number of carbonyl (C=O) groups excluding carboxylic acids is 8. The molecule has 6 heterocycles. The van der Waals surface area contributed by atoms with Gasteiger partial charge in [0, 0.05) is 72.6 Å². The SMILES string of the molecule is CNCC(=O)CCCOCCOCCOCCOCCOCCO[C@@H](C)C(=O)O[C@H]1CC(=O)N(C)c2cc(cc(C)c2Cl)C/C(C)=C/C=C/[C@@H](OC)[C@@]2(O)C[C@H](OC(=O)N2)[C@@H](C)[C@@H]2O[C@@]12C.CNCC(=O)NCCOCCOCCO[C@@H](C)C(=O)O[C@H]1CC(=O)N(C)c2cc(cc(C)c2Cl)C/C(C)=C/C=C/[C@@H](OC)[C@@]2(O)C[C@H](OC(=O)N2)[C@@H](C)[C@@H]2O[C@@]12C. The Hall–Kier alpha value is -7.14. The number of allylic oxidation sites excluding steroid dienone is 6. The van der Waals surface area contributed by atoms with Crippen LogP contribution in [-0.4, -0.2) is 309 Å². The average Bonchev–Trinajstić information content (AvgIpc) is 1.58. The Morgan fingerprint density at radius 1 is 0.553 bits per heavy atom. The number of hydrogen-bond acceptors (Lipinski definition) is 29. The van der Waals surface area contributed by atoms with Gasteiger partial charge in [-0.3, -0.25) is 29.8 Å². The van der Waals surface area contributed by atoms with Gasteiger partial charge in [0.1, 0.15) is 53.6 Å². The number of ether oxygens (including phenoxy) is 17. The zero-order valence-electron chi connectivity index (χ0n) is 74.0. The number of aliphatic hydroxyl groups is 2. The third-order valence-corrected chi connectivity index (χ3v) is 23.1. The van der Waals surface area contributed by atoms with E-state index in [9.17, 15) is 48.6 Å². The van der Waals surface area contributed by atoms with E-state index in [4.69, 9.17) is 104 Å². The molecule has 5 amide bonds. The van der Waals surface area contributed by atoms with Crippen molar-refractivity contribution in [1.29, 1.82) is 0 Å². The lowest BCUT2D eigenvalue weighted by molar-refractivity contribution is -0.167. The number of ketones is 1. The Morgan fingerprint density at radius 2 is 0.919 bits per heavy atom. The van der Waals surface area contributed by atoms with Crippen molar-refractivity contribution in [2.45, 2.75) is 204 Å². The largest absolute Gasteiger partial charge is 0.457 e. The normalized spacial score (nSPS) is 28.6. The molecule has 2 aromatic carbocycles. The number of anilines is 2. The molecule has 8 rings (SSSR count). The maximum atomic E-state index is 14.1. The van der Waals surface area contributed by atoms with Gasteiger partial charge in [-0.1, -0.05) is 96.8 Å². The molecule has 4 saturated heterocycles. The molecule has 2 aromatic rings. The van der Waals surface area contributed by atoms with E-state index >= 15 is 0 Å². The summed E-state index contributed by atoms with van der Waals surface area (Å²) in [5.74, 6) is -3.14. The van der Waals surface area contributed by atoms with Gasteiger partial charge in [-0.15, -0.1) is 0 Å². The van der Waals surface area contributed by atoms with Crippen LogP contribution in [0, 0.1) is 25.7 Å². The monoisotopic (exact) mass is 1780 g/mol. The number of aryl methyl sites for hydroxylation is 2. The third-order valence-electron chi connectivity index (χ3n) is 22.1. The first-order valence-electron chi connectivity index (χ1n) is 41.9. The second kappa shape index (κ2) is 50.4. The average molecular weight is 1780 g/mol. The van der Waals surface area contributed by atoms with Crippen molar-refractivity contribution < 1.29 is 129 Å². The minimum Gasteiger partial charge on any atom is -0.457 e. The second-order valence-electron chi connectivity index (χ2n) is 32.0. The Labute approximate surface area is 732 Å². The zero-order chi connectivity index (χ0) is 90.2. The highest BCUT2D eigenvalue weighted by Gasteiger charge is 2.66. The molecule has 123 heavy (non-hydrogen) atoms. The molecular weight excluding hydrogens is 1650 g/mol. The molecule has 690 valence electrons. The van der Waals surface area contributed by atoms with E-state index in [0.29, 0.717) is 133 Å². The van der Waals surface area contributed by atoms with Crippen LogP contribution in [0.25, 0.3) is 0 Å².